The van der Waals surface area contributed by atoms with E-state index in [2.05, 4.69) is 41.4 Å². The summed E-state index contributed by atoms with van der Waals surface area (Å²) in [5, 5.41) is 3.44. The van der Waals surface area contributed by atoms with Gasteiger partial charge in [0.05, 0.1) is 6.61 Å². The third kappa shape index (κ3) is 5.04. The number of benzene rings is 1. The van der Waals surface area contributed by atoms with Gasteiger partial charge < -0.3 is 15.0 Å². The molecule has 1 saturated heterocycles. The van der Waals surface area contributed by atoms with Crippen molar-refractivity contribution in [3.63, 3.8) is 0 Å². The summed E-state index contributed by atoms with van der Waals surface area (Å²) in [6.07, 6.45) is 6.23. The Bertz CT molecular complexity index is 373. The predicted molar refractivity (Wildman–Crippen MR) is 85.8 cm³/mol. The van der Waals surface area contributed by atoms with Gasteiger partial charge in [-0.25, -0.2) is 0 Å². The van der Waals surface area contributed by atoms with Crippen molar-refractivity contribution in [2.24, 2.45) is 0 Å². The third-order valence-electron chi connectivity index (χ3n) is 3.79. The van der Waals surface area contributed by atoms with Gasteiger partial charge >= 0.3 is 0 Å². The second-order valence-corrected chi connectivity index (χ2v) is 5.50. The normalized spacial score (nSPS) is 15.9. The molecule has 0 aliphatic carbocycles. The van der Waals surface area contributed by atoms with E-state index in [1.165, 1.54) is 31.4 Å². The SMILES string of the molecule is CCCCCCOc1cccc(N2CCCNCC2)c1. The van der Waals surface area contributed by atoms with E-state index >= 15 is 0 Å². The number of hydrogen-bond donors (Lipinski definition) is 1. The molecule has 0 saturated carbocycles. The fourth-order valence-corrected chi connectivity index (χ4v) is 2.59. The predicted octanol–water partition coefficient (Wildman–Crippen LogP) is 3.45. The van der Waals surface area contributed by atoms with Crippen LogP contribution in [0.4, 0.5) is 5.69 Å². The second kappa shape index (κ2) is 8.85. The number of hydrogen-bond acceptors (Lipinski definition) is 3. The molecule has 0 radical (unpaired) electrons. The zero-order chi connectivity index (χ0) is 14.0. The first-order valence-electron chi connectivity index (χ1n) is 8.08. The highest BCUT2D eigenvalue weighted by Crippen LogP contribution is 2.22. The van der Waals surface area contributed by atoms with E-state index < -0.39 is 0 Å². The first kappa shape index (κ1) is 15.2. The Morgan fingerprint density at radius 3 is 3.00 bits per heavy atom. The molecule has 0 unspecified atom stereocenters. The summed E-state index contributed by atoms with van der Waals surface area (Å²) < 4.78 is 5.87. The summed E-state index contributed by atoms with van der Waals surface area (Å²) in [7, 11) is 0. The van der Waals surface area contributed by atoms with Crippen LogP contribution in [-0.2, 0) is 0 Å². The van der Waals surface area contributed by atoms with E-state index in [1.807, 2.05) is 0 Å². The molecule has 3 heteroatoms. The molecule has 1 heterocycles. The number of nitrogens with zero attached hydrogens (tertiary/aromatic N) is 1. The van der Waals surface area contributed by atoms with Crippen LogP contribution in [0, 0.1) is 0 Å². The van der Waals surface area contributed by atoms with Gasteiger partial charge in [0, 0.05) is 31.4 Å². The molecule has 1 fully saturated rings. The molecule has 1 aromatic rings. The average Bonchev–Trinajstić information content (AvgIpc) is 2.76. The van der Waals surface area contributed by atoms with Crippen LogP contribution in [0.3, 0.4) is 0 Å². The highest BCUT2D eigenvalue weighted by molar-refractivity contribution is 5.50. The van der Waals surface area contributed by atoms with Crippen LogP contribution < -0.4 is 15.0 Å². The lowest BCUT2D eigenvalue weighted by Crippen LogP contribution is -2.27. The van der Waals surface area contributed by atoms with Gasteiger partial charge in [-0.2, -0.15) is 0 Å². The van der Waals surface area contributed by atoms with Crippen LogP contribution in [0.25, 0.3) is 0 Å². The molecule has 1 aliphatic rings. The van der Waals surface area contributed by atoms with E-state index in [0.29, 0.717) is 0 Å². The Morgan fingerprint density at radius 1 is 1.15 bits per heavy atom. The summed E-state index contributed by atoms with van der Waals surface area (Å²) in [5.74, 6) is 1.01. The molecule has 0 bridgehead atoms. The van der Waals surface area contributed by atoms with Gasteiger partial charge in [-0.1, -0.05) is 32.3 Å². The quantitative estimate of drug-likeness (QED) is 0.772. The molecular weight excluding hydrogens is 248 g/mol. The number of ether oxygens (including phenoxy) is 1. The Labute approximate surface area is 123 Å². The number of anilines is 1. The highest BCUT2D eigenvalue weighted by Gasteiger charge is 2.09. The Kier molecular flexibility index (Phi) is 6.72. The molecule has 0 amide bonds. The van der Waals surface area contributed by atoms with Crippen molar-refractivity contribution in [3.8, 4) is 5.75 Å². The summed E-state index contributed by atoms with van der Waals surface area (Å²) in [5.41, 5.74) is 1.29. The minimum Gasteiger partial charge on any atom is -0.494 e. The molecule has 0 spiro atoms. The molecule has 2 rings (SSSR count). The van der Waals surface area contributed by atoms with Crippen molar-refractivity contribution in [2.75, 3.05) is 37.7 Å². The van der Waals surface area contributed by atoms with Crippen molar-refractivity contribution in [1.82, 2.24) is 5.32 Å². The zero-order valence-electron chi connectivity index (χ0n) is 12.7. The van der Waals surface area contributed by atoms with Gasteiger partial charge in [0.1, 0.15) is 5.75 Å². The van der Waals surface area contributed by atoms with Gasteiger partial charge in [0.15, 0.2) is 0 Å². The minimum absolute atomic E-state index is 0.838. The highest BCUT2D eigenvalue weighted by atomic mass is 16.5. The van der Waals surface area contributed by atoms with Gasteiger partial charge in [0.25, 0.3) is 0 Å². The van der Waals surface area contributed by atoms with Crippen LogP contribution >= 0.6 is 0 Å². The Morgan fingerprint density at radius 2 is 2.10 bits per heavy atom. The monoisotopic (exact) mass is 276 g/mol. The number of unbranched alkanes of at least 4 members (excludes halogenated alkanes) is 3. The second-order valence-electron chi connectivity index (χ2n) is 5.50. The summed E-state index contributed by atoms with van der Waals surface area (Å²) >= 11 is 0. The lowest BCUT2D eigenvalue weighted by Gasteiger charge is -2.22. The molecule has 1 aromatic carbocycles. The van der Waals surface area contributed by atoms with Gasteiger partial charge in [0.2, 0.25) is 0 Å². The van der Waals surface area contributed by atoms with Crippen LogP contribution in [-0.4, -0.2) is 32.8 Å². The molecule has 3 nitrogen and oxygen atoms in total. The van der Waals surface area contributed by atoms with E-state index in [-0.39, 0.29) is 0 Å². The third-order valence-corrected chi connectivity index (χ3v) is 3.79. The molecule has 1 aliphatic heterocycles. The fourth-order valence-electron chi connectivity index (χ4n) is 2.59. The average molecular weight is 276 g/mol. The van der Waals surface area contributed by atoms with Crippen LogP contribution in [0.5, 0.6) is 5.75 Å². The topological polar surface area (TPSA) is 24.5 Å². The first-order chi connectivity index (χ1) is 9.90. The molecule has 0 atom stereocenters. The smallest absolute Gasteiger partial charge is 0.121 e. The number of rotatable bonds is 7. The summed E-state index contributed by atoms with van der Waals surface area (Å²) in [6.45, 7) is 7.49. The largest absolute Gasteiger partial charge is 0.494 e. The molecule has 20 heavy (non-hydrogen) atoms. The summed E-state index contributed by atoms with van der Waals surface area (Å²) in [6, 6.07) is 8.55. The van der Waals surface area contributed by atoms with Crippen molar-refractivity contribution >= 4 is 5.69 Å². The molecule has 0 aromatic heterocycles. The van der Waals surface area contributed by atoms with Gasteiger partial charge in [-0.3, -0.25) is 0 Å². The Balaban J connectivity index is 1.83. The van der Waals surface area contributed by atoms with Gasteiger partial charge in [-0.05, 0) is 31.5 Å². The maximum absolute atomic E-state index is 5.87. The maximum atomic E-state index is 5.87. The van der Waals surface area contributed by atoms with Crippen LogP contribution in [0.15, 0.2) is 24.3 Å². The van der Waals surface area contributed by atoms with E-state index in [9.17, 15) is 0 Å². The molecular formula is C17H28N2O. The first-order valence-corrected chi connectivity index (χ1v) is 8.08. The lowest BCUT2D eigenvalue weighted by atomic mass is 10.2. The van der Waals surface area contributed by atoms with E-state index in [1.54, 1.807) is 0 Å². The van der Waals surface area contributed by atoms with Crippen molar-refractivity contribution in [1.29, 1.82) is 0 Å². The standard InChI is InChI=1S/C17H28N2O/c1-2-3-4-5-14-20-17-9-6-8-16(15-17)19-12-7-10-18-11-13-19/h6,8-9,15,18H,2-5,7,10-14H2,1H3. The van der Waals surface area contributed by atoms with Crippen molar-refractivity contribution in [3.05, 3.63) is 24.3 Å². The maximum Gasteiger partial charge on any atom is 0.121 e. The van der Waals surface area contributed by atoms with E-state index in [4.69, 9.17) is 4.74 Å². The summed E-state index contributed by atoms with van der Waals surface area (Å²) in [4.78, 5) is 2.45. The van der Waals surface area contributed by atoms with E-state index in [0.717, 1.165) is 45.0 Å². The van der Waals surface area contributed by atoms with Crippen molar-refractivity contribution < 1.29 is 4.74 Å². The van der Waals surface area contributed by atoms with Crippen LogP contribution in [0.1, 0.15) is 39.0 Å². The zero-order valence-corrected chi connectivity index (χ0v) is 12.7. The molecule has 112 valence electrons. The minimum atomic E-state index is 0.838. The van der Waals surface area contributed by atoms with Crippen molar-refractivity contribution in [2.45, 2.75) is 39.0 Å². The molecule has 1 N–H and O–H groups in total. The fraction of sp³-hybridized carbons (Fsp3) is 0.647. The number of nitrogens with one attached hydrogen (secondary N) is 1. The van der Waals surface area contributed by atoms with Gasteiger partial charge in [-0.15, -0.1) is 0 Å². The Hall–Kier alpha value is -1.22. The lowest BCUT2D eigenvalue weighted by molar-refractivity contribution is 0.305. The van der Waals surface area contributed by atoms with Crippen LogP contribution in [0.2, 0.25) is 0 Å².